The Bertz CT molecular complexity index is 941. The highest BCUT2D eigenvalue weighted by Crippen LogP contribution is 2.40. The number of nitrogens with one attached hydrogen (secondary N) is 1. The first-order chi connectivity index (χ1) is 12.8. The van der Waals surface area contributed by atoms with Crippen molar-refractivity contribution in [1.82, 2.24) is 0 Å². The molecule has 1 heterocycles. The summed E-state index contributed by atoms with van der Waals surface area (Å²) in [7, 11) is 0. The van der Waals surface area contributed by atoms with Crippen LogP contribution in [0.15, 0.2) is 18.2 Å². The van der Waals surface area contributed by atoms with Gasteiger partial charge in [-0.15, -0.1) is 11.3 Å². The molecule has 1 atom stereocenters. The van der Waals surface area contributed by atoms with E-state index in [1.54, 1.807) is 0 Å². The first-order valence-electron chi connectivity index (χ1n) is 8.51. The second-order valence-electron chi connectivity index (χ2n) is 6.46. The molecule has 0 fully saturated rings. The van der Waals surface area contributed by atoms with E-state index >= 15 is 0 Å². The summed E-state index contributed by atoms with van der Waals surface area (Å²) in [6.45, 7) is 2.13. The molecule has 2 aromatic rings. The number of carbonyl (C=O) groups is 2. The lowest BCUT2D eigenvalue weighted by molar-refractivity contribution is -0.385. The Kier molecular flexibility index (Phi) is 5.48. The van der Waals surface area contributed by atoms with Crippen molar-refractivity contribution in [3.63, 3.8) is 0 Å². The molecule has 0 saturated carbocycles. The van der Waals surface area contributed by atoms with E-state index < -0.39 is 22.4 Å². The van der Waals surface area contributed by atoms with E-state index in [9.17, 15) is 19.7 Å². The predicted molar refractivity (Wildman–Crippen MR) is 105 cm³/mol. The summed E-state index contributed by atoms with van der Waals surface area (Å²) in [6, 6.07) is 3.82. The molecule has 142 valence electrons. The van der Waals surface area contributed by atoms with Crippen LogP contribution in [0.25, 0.3) is 0 Å². The Morgan fingerprint density at radius 3 is 2.81 bits per heavy atom. The Morgan fingerprint density at radius 1 is 1.44 bits per heavy atom. The summed E-state index contributed by atoms with van der Waals surface area (Å²) in [5, 5.41) is 14.4. The number of fused-ring (bicyclic) bond motifs is 1. The molecule has 27 heavy (non-hydrogen) atoms. The third kappa shape index (κ3) is 3.81. The zero-order valence-corrected chi connectivity index (χ0v) is 16.2. The van der Waals surface area contributed by atoms with Gasteiger partial charge in [0.1, 0.15) is 10.6 Å². The van der Waals surface area contributed by atoms with Crippen LogP contribution in [-0.4, -0.2) is 16.7 Å². The third-order valence-electron chi connectivity index (χ3n) is 4.82. The number of primary amides is 1. The predicted octanol–water partition coefficient (Wildman–Crippen LogP) is 4.18. The Balaban J connectivity index is 1.97. The number of nitro benzene ring substituents is 1. The number of nitro groups is 1. The van der Waals surface area contributed by atoms with Crippen molar-refractivity contribution in [3.8, 4) is 0 Å². The van der Waals surface area contributed by atoms with Crippen molar-refractivity contribution in [3.05, 3.63) is 54.9 Å². The minimum absolute atomic E-state index is 0.127. The van der Waals surface area contributed by atoms with E-state index in [1.165, 1.54) is 23.5 Å². The highest BCUT2D eigenvalue weighted by molar-refractivity contribution is 7.17. The van der Waals surface area contributed by atoms with Gasteiger partial charge in [-0.3, -0.25) is 19.7 Å². The Morgan fingerprint density at radius 2 is 2.19 bits per heavy atom. The molecule has 3 N–H and O–H groups in total. The molecular weight excluding hydrogens is 390 g/mol. The van der Waals surface area contributed by atoms with Crippen LogP contribution in [0.1, 0.15) is 50.9 Å². The molecule has 1 aliphatic rings. The van der Waals surface area contributed by atoms with Gasteiger partial charge in [0.2, 0.25) is 0 Å². The Hall–Kier alpha value is -2.45. The van der Waals surface area contributed by atoms with Crippen LogP contribution in [0, 0.1) is 16.0 Å². The number of hydrogen-bond donors (Lipinski definition) is 2. The van der Waals surface area contributed by atoms with E-state index in [1.807, 2.05) is 0 Å². The van der Waals surface area contributed by atoms with Crippen LogP contribution in [-0.2, 0) is 12.8 Å². The van der Waals surface area contributed by atoms with Gasteiger partial charge in [-0.2, -0.15) is 0 Å². The molecule has 9 heteroatoms. The molecule has 2 amide bonds. The average molecular weight is 408 g/mol. The topological polar surface area (TPSA) is 115 Å². The molecule has 0 spiro atoms. The summed E-state index contributed by atoms with van der Waals surface area (Å²) in [5.41, 5.74) is 6.23. The highest BCUT2D eigenvalue weighted by atomic mass is 35.5. The van der Waals surface area contributed by atoms with Crippen molar-refractivity contribution in [2.45, 2.75) is 32.6 Å². The van der Waals surface area contributed by atoms with Gasteiger partial charge in [0.15, 0.2) is 0 Å². The largest absolute Gasteiger partial charge is 0.365 e. The van der Waals surface area contributed by atoms with E-state index in [2.05, 4.69) is 12.2 Å². The van der Waals surface area contributed by atoms with Crippen LogP contribution in [0.3, 0.4) is 0 Å². The van der Waals surface area contributed by atoms with Gasteiger partial charge >= 0.3 is 0 Å². The number of hydrogen-bond acceptors (Lipinski definition) is 5. The lowest BCUT2D eigenvalue weighted by atomic mass is 9.85. The third-order valence-corrected chi connectivity index (χ3v) is 6.22. The van der Waals surface area contributed by atoms with Gasteiger partial charge in [-0.1, -0.05) is 24.9 Å². The molecule has 0 bridgehead atoms. The van der Waals surface area contributed by atoms with E-state index in [-0.39, 0.29) is 10.6 Å². The van der Waals surface area contributed by atoms with Gasteiger partial charge in [0.25, 0.3) is 17.5 Å². The lowest BCUT2D eigenvalue weighted by Gasteiger charge is -2.20. The monoisotopic (exact) mass is 407 g/mol. The van der Waals surface area contributed by atoms with Gasteiger partial charge in [-0.05, 0) is 42.9 Å². The number of nitrogens with zero attached hydrogens (tertiary/aromatic N) is 1. The SMILES string of the molecule is CC[C@H]1CCc2c(sc(NC(=O)c3ccc(Cl)cc3[N+](=O)[O-])c2C(N)=O)C1. The van der Waals surface area contributed by atoms with E-state index in [4.69, 9.17) is 17.3 Å². The first kappa shape index (κ1) is 19.3. The summed E-state index contributed by atoms with van der Waals surface area (Å²) < 4.78 is 0. The molecule has 3 rings (SSSR count). The normalized spacial score (nSPS) is 15.9. The maximum Gasteiger partial charge on any atom is 0.283 e. The highest BCUT2D eigenvalue weighted by Gasteiger charge is 2.29. The maximum absolute atomic E-state index is 12.7. The average Bonchev–Trinajstić information content (AvgIpc) is 2.98. The molecule has 0 aliphatic heterocycles. The van der Waals surface area contributed by atoms with Gasteiger partial charge in [-0.25, -0.2) is 0 Å². The van der Waals surface area contributed by atoms with Crippen LogP contribution < -0.4 is 11.1 Å². The quantitative estimate of drug-likeness (QED) is 0.571. The number of rotatable bonds is 5. The molecule has 0 unspecified atom stereocenters. The molecular formula is C18H18ClN3O4S. The van der Waals surface area contributed by atoms with E-state index in [0.29, 0.717) is 16.5 Å². The van der Waals surface area contributed by atoms with Crippen LogP contribution in [0.2, 0.25) is 5.02 Å². The fraction of sp³-hybridized carbons (Fsp3) is 0.333. The fourth-order valence-electron chi connectivity index (χ4n) is 3.37. The molecule has 0 saturated heterocycles. The summed E-state index contributed by atoms with van der Waals surface area (Å²) in [4.78, 5) is 36.3. The minimum atomic E-state index is -0.675. The second kappa shape index (κ2) is 7.66. The molecule has 1 aromatic heterocycles. The Labute approximate surface area is 164 Å². The zero-order chi connectivity index (χ0) is 19.7. The summed E-state index contributed by atoms with van der Waals surface area (Å²) >= 11 is 7.11. The summed E-state index contributed by atoms with van der Waals surface area (Å²) in [5.74, 6) is -0.743. The standard InChI is InChI=1S/C18H18ClN3O4S/c1-2-9-3-5-12-14(7-9)27-18(15(12)16(20)23)21-17(24)11-6-4-10(19)8-13(11)22(25)26/h4,6,8-9H,2-3,5,7H2,1H3,(H2,20,23)(H,21,24)/t9-/m0/s1. The minimum Gasteiger partial charge on any atom is -0.365 e. The lowest BCUT2D eigenvalue weighted by Crippen LogP contribution is -2.20. The number of benzene rings is 1. The number of halogens is 1. The number of nitrogens with two attached hydrogens (primary N) is 1. The first-order valence-corrected chi connectivity index (χ1v) is 9.70. The van der Waals surface area contributed by atoms with Crippen molar-refractivity contribution in [1.29, 1.82) is 0 Å². The van der Waals surface area contributed by atoms with Crippen molar-refractivity contribution >= 4 is 45.4 Å². The van der Waals surface area contributed by atoms with Gasteiger partial charge in [0.05, 0.1) is 10.5 Å². The molecule has 1 aliphatic carbocycles. The van der Waals surface area contributed by atoms with E-state index in [0.717, 1.165) is 42.2 Å². The number of anilines is 1. The molecule has 1 aromatic carbocycles. The van der Waals surface area contributed by atoms with Crippen molar-refractivity contribution in [2.75, 3.05) is 5.32 Å². The summed E-state index contributed by atoms with van der Waals surface area (Å²) in [6.07, 6.45) is 3.59. The fourth-order valence-corrected chi connectivity index (χ4v) is 4.90. The van der Waals surface area contributed by atoms with Gasteiger partial charge < -0.3 is 11.1 Å². The molecule has 0 radical (unpaired) electrons. The van der Waals surface area contributed by atoms with Crippen LogP contribution in [0.5, 0.6) is 0 Å². The van der Waals surface area contributed by atoms with Crippen molar-refractivity contribution in [2.24, 2.45) is 11.7 Å². The van der Waals surface area contributed by atoms with Crippen molar-refractivity contribution < 1.29 is 14.5 Å². The van der Waals surface area contributed by atoms with Gasteiger partial charge in [0, 0.05) is 16.0 Å². The number of carbonyl (C=O) groups excluding carboxylic acids is 2. The molecule has 7 nitrogen and oxygen atoms in total. The zero-order valence-electron chi connectivity index (χ0n) is 14.6. The second-order valence-corrected chi connectivity index (χ2v) is 8.00. The number of amides is 2. The number of thiophene rings is 1. The van der Waals surface area contributed by atoms with Crippen LogP contribution in [0.4, 0.5) is 10.7 Å². The maximum atomic E-state index is 12.7. The van der Waals surface area contributed by atoms with Crippen LogP contribution >= 0.6 is 22.9 Å². The smallest absolute Gasteiger partial charge is 0.283 e.